The summed E-state index contributed by atoms with van der Waals surface area (Å²) in [6, 6.07) is 8.58. The zero-order valence-electron chi connectivity index (χ0n) is 13.3. The first-order valence-electron chi connectivity index (χ1n) is 7.17. The largest absolute Gasteiger partial charge is 0.388 e. The normalized spacial score (nSPS) is 15.6. The van der Waals surface area contributed by atoms with Gasteiger partial charge in [0.1, 0.15) is 0 Å². The minimum atomic E-state index is -0.365. The average molecular weight is 263 g/mol. The van der Waals surface area contributed by atoms with Crippen molar-refractivity contribution < 1.29 is 5.11 Å². The molecule has 0 spiro atoms. The number of hydrogen-bond acceptors (Lipinski definition) is 2. The third-order valence-electron chi connectivity index (χ3n) is 4.22. The Morgan fingerprint density at radius 3 is 2.32 bits per heavy atom. The molecule has 0 fully saturated rings. The summed E-state index contributed by atoms with van der Waals surface area (Å²) in [6.45, 7) is 12.0. The lowest BCUT2D eigenvalue weighted by molar-refractivity contribution is 0.104. The van der Waals surface area contributed by atoms with E-state index in [0.717, 1.165) is 18.5 Å². The minimum Gasteiger partial charge on any atom is -0.388 e. The molecule has 0 aliphatic carbocycles. The summed E-state index contributed by atoms with van der Waals surface area (Å²) in [5.74, 6) is 0. The number of nitrogens with zero attached hydrogens (tertiary/aromatic N) is 1. The molecule has 0 heterocycles. The summed E-state index contributed by atoms with van der Waals surface area (Å²) in [5.41, 5.74) is 2.49. The van der Waals surface area contributed by atoms with E-state index in [9.17, 15) is 5.11 Å². The molecule has 2 unspecified atom stereocenters. The molecule has 0 aromatic heterocycles. The zero-order valence-corrected chi connectivity index (χ0v) is 13.3. The van der Waals surface area contributed by atoms with E-state index in [1.807, 2.05) is 18.2 Å². The Kier molecular flexibility index (Phi) is 5.57. The monoisotopic (exact) mass is 263 g/mol. The first kappa shape index (κ1) is 16.2. The highest BCUT2D eigenvalue weighted by atomic mass is 16.3. The van der Waals surface area contributed by atoms with E-state index >= 15 is 0 Å². The van der Waals surface area contributed by atoms with Gasteiger partial charge in [-0.05, 0) is 43.9 Å². The summed E-state index contributed by atoms with van der Waals surface area (Å²) in [7, 11) is 2.14. The van der Waals surface area contributed by atoms with Crippen molar-refractivity contribution in [2.24, 2.45) is 5.41 Å². The Balaban J connectivity index is 2.56. The lowest BCUT2D eigenvalue weighted by Crippen LogP contribution is -2.40. The van der Waals surface area contributed by atoms with Gasteiger partial charge in [-0.1, -0.05) is 45.0 Å². The maximum absolute atomic E-state index is 10.3. The standard InChI is InChI=1S/C17H29NO/c1-13-9-7-8-10-15(13)16(19)11-12-18(6)14(2)17(3,4)5/h7-10,14,16,19H,11-12H2,1-6H3. The van der Waals surface area contributed by atoms with Gasteiger partial charge in [-0.3, -0.25) is 0 Å². The van der Waals surface area contributed by atoms with Crippen molar-refractivity contribution in [1.82, 2.24) is 4.90 Å². The maximum atomic E-state index is 10.3. The van der Waals surface area contributed by atoms with Gasteiger partial charge < -0.3 is 10.0 Å². The summed E-state index contributed by atoms with van der Waals surface area (Å²) < 4.78 is 0. The summed E-state index contributed by atoms with van der Waals surface area (Å²) in [4.78, 5) is 2.33. The van der Waals surface area contributed by atoms with E-state index in [2.05, 4.69) is 52.6 Å². The molecule has 1 aromatic rings. The molecular weight excluding hydrogens is 234 g/mol. The fourth-order valence-electron chi connectivity index (χ4n) is 2.30. The van der Waals surface area contributed by atoms with E-state index in [1.54, 1.807) is 0 Å². The van der Waals surface area contributed by atoms with Crippen LogP contribution in [0.3, 0.4) is 0 Å². The van der Waals surface area contributed by atoms with Crippen LogP contribution in [-0.4, -0.2) is 29.6 Å². The van der Waals surface area contributed by atoms with E-state index in [1.165, 1.54) is 5.56 Å². The topological polar surface area (TPSA) is 23.5 Å². The summed E-state index contributed by atoms with van der Waals surface area (Å²) in [5, 5.41) is 10.3. The minimum absolute atomic E-state index is 0.266. The van der Waals surface area contributed by atoms with Gasteiger partial charge in [0.2, 0.25) is 0 Å². The molecule has 2 atom stereocenters. The van der Waals surface area contributed by atoms with Crippen LogP contribution in [0.2, 0.25) is 0 Å². The van der Waals surface area contributed by atoms with Crippen molar-refractivity contribution in [2.45, 2.75) is 53.2 Å². The summed E-state index contributed by atoms with van der Waals surface area (Å²) >= 11 is 0. The van der Waals surface area contributed by atoms with Gasteiger partial charge in [0.15, 0.2) is 0 Å². The van der Waals surface area contributed by atoms with Crippen LogP contribution in [-0.2, 0) is 0 Å². The van der Waals surface area contributed by atoms with Crippen LogP contribution in [0.25, 0.3) is 0 Å². The Bertz CT molecular complexity index is 394. The number of rotatable bonds is 5. The maximum Gasteiger partial charge on any atom is 0.0804 e. The molecule has 108 valence electrons. The third kappa shape index (κ3) is 4.63. The molecule has 0 amide bonds. The molecule has 0 radical (unpaired) electrons. The highest BCUT2D eigenvalue weighted by molar-refractivity contribution is 5.27. The Morgan fingerprint density at radius 1 is 1.21 bits per heavy atom. The van der Waals surface area contributed by atoms with Gasteiger partial charge >= 0.3 is 0 Å². The highest BCUT2D eigenvalue weighted by Gasteiger charge is 2.24. The van der Waals surface area contributed by atoms with Crippen molar-refractivity contribution in [3.63, 3.8) is 0 Å². The van der Waals surface area contributed by atoms with Crippen LogP contribution in [0.1, 0.15) is 51.3 Å². The van der Waals surface area contributed by atoms with E-state index in [-0.39, 0.29) is 11.5 Å². The van der Waals surface area contributed by atoms with Crippen molar-refractivity contribution in [3.05, 3.63) is 35.4 Å². The second-order valence-corrected chi connectivity index (χ2v) is 6.68. The zero-order chi connectivity index (χ0) is 14.6. The van der Waals surface area contributed by atoms with Gasteiger partial charge in [-0.15, -0.1) is 0 Å². The molecule has 0 aliphatic heterocycles. The van der Waals surface area contributed by atoms with Crippen molar-refractivity contribution in [1.29, 1.82) is 0 Å². The lowest BCUT2D eigenvalue weighted by Gasteiger charge is -2.35. The van der Waals surface area contributed by atoms with E-state index in [0.29, 0.717) is 6.04 Å². The van der Waals surface area contributed by atoms with Crippen molar-refractivity contribution in [2.75, 3.05) is 13.6 Å². The average Bonchev–Trinajstić information content (AvgIpc) is 2.34. The van der Waals surface area contributed by atoms with Gasteiger partial charge in [-0.25, -0.2) is 0 Å². The van der Waals surface area contributed by atoms with Crippen LogP contribution in [0, 0.1) is 12.3 Å². The number of aliphatic hydroxyl groups is 1. The SMILES string of the molecule is Cc1ccccc1C(O)CCN(C)C(C)C(C)(C)C. The molecule has 1 rings (SSSR count). The number of benzene rings is 1. The molecule has 0 saturated heterocycles. The summed E-state index contributed by atoms with van der Waals surface area (Å²) in [6.07, 6.45) is 0.415. The lowest BCUT2D eigenvalue weighted by atomic mass is 9.87. The van der Waals surface area contributed by atoms with E-state index < -0.39 is 0 Å². The second-order valence-electron chi connectivity index (χ2n) is 6.68. The van der Waals surface area contributed by atoms with Gasteiger partial charge in [0.05, 0.1) is 6.10 Å². The molecule has 0 aliphatic rings. The predicted molar refractivity (Wildman–Crippen MR) is 82.3 cm³/mol. The van der Waals surface area contributed by atoms with Gasteiger partial charge in [0, 0.05) is 12.6 Å². The van der Waals surface area contributed by atoms with Crippen molar-refractivity contribution >= 4 is 0 Å². The fraction of sp³-hybridized carbons (Fsp3) is 0.647. The van der Waals surface area contributed by atoms with Crippen LogP contribution in [0.4, 0.5) is 0 Å². The molecule has 1 N–H and O–H groups in total. The fourth-order valence-corrected chi connectivity index (χ4v) is 2.30. The Hall–Kier alpha value is -0.860. The number of hydrogen-bond donors (Lipinski definition) is 1. The van der Waals surface area contributed by atoms with Crippen molar-refractivity contribution in [3.8, 4) is 0 Å². The first-order valence-corrected chi connectivity index (χ1v) is 7.17. The van der Waals surface area contributed by atoms with Crippen LogP contribution in [0.15, 0.2) is 24.3 Å². The highest BCUT2D eigenvalue weighted by Crippen LogP contribution is 2.25. The number of aliphatic hydroxyl groups excluding tert-OH is 1. The molecular formula is C17H29NO. The molecule has 1 aromatic carbocycles. The Morgan fingerprint density at radius 2 is 1.79 bits per heavy atom. The third-order valence-corrected chi connectivity index (χ3v) is 4.22. The van der Waals surface area contributed by atoms with Gasteiger partial charge in [0.25, 0.3) is 0 Å². The quantitative estimate of drug-likeness (QED) is 0.874. The van der Waals surface area contributed by atoms with Crippen LogP contribution < -0.4 is 0 Å². The molecule has 0 bridgehead atoms. The second kappa shape index (κ2) is 6.53. The smallest absolute Gasteiger partial charge is 0.0804 e. The predicted octanol–water partition coefficient (Wildman–Crippen LogP) is 3.78. The number of aryl methyl sites for hydroxylation is 1. The molecule has 2 nitrogen and oxygen atoms in total. The molecule has 0 saturated carbocycles. The first-order chi connectivity index (χ1) is 8.73. The van der Waals surface area contributed by atoms with Crippen LogP contribution >= 0.6 is 0 Å². The molecule has 19 heavy (non-hydrogen) atoms. The molecule has 2 heteroatoms. The Labute approximate surface area is 118 Å². The van der Waals surface area contributed by atoms with Crippen LogP contribution in [0.5, 0.6) is 0 Å². The van der Waals surface area contributed by atoms with E-state index in [4.69, 9.17) is 0 Å². The van der Waals surface area contributed by atoms with Gasteiger partial charge in [-0.2, -0.15) is 0 Å².